The maximum atomic E-state index is 14.6. The number of pyridine rings is 1. The zero-order chi connectivity index (χ0) is 26.5. The van der Waals surface area contributed by atoms with Gasteiger partial charge in [-0.2, -0.15) is 0 Å². The first-order valence-corrected chi connectivity index (χ1v) is 10.8. The van der Waals surface area contributed by atoms with Gasteiger partial charge in [0, 0.05) is 17.7 Å². The Bertz CT molecular complexity index is 1020. The predicted molar refractivity (Wildman–Crippen MR) is 114 cm³/mol. The molecule has 1 fully saturated rings. The summed E-state index contributed by atoms with van der Waals surface area (Å²) in [5.74, 6) is -0.0656. The minimum absolute atomic E-state index is 0.0194. The van der Waals surface area contributed by atoms with E-state index < -0.39 is 55.5 Å². The van der Waals surface area contributed by atoms with Gasteiger partial charge in [-0.15, -0.1) is 13.2 Å². The summed E-state index contributed by atoms with van der Waals surface area (Å²) < 4.78 is 77.6. The number of aliphatic hydroxyl groups is 2. The quantitative estimate of drug-likeness (QED) is 0.401. The lowest BCUT2D eigenvalue weighted by Gasteiger charge is -2.39. The van der Waals surface area contributed by atoms with E-state index in [9.17, 15) is 32.6 Å². The standard InChI is InChI=1S/C23H25F4NO8/c1-3-33-22(31)34-11-17-18(24)19(29)20(30)21(35-17)12-4-7-16(36-23(25,26)27)13(8-12)9-14-5-6-15(32-2)10-28-14/h4-8,10,17-21,29-30H,3,9,11H2,1-2H3. The monoisotopic (exact) mass is 519 g/mol. The number of benzene rings is 1. The van der Waals surface area contributed by atoms with Crippen LogP contribution >= 0.6 is 0 Å². The van der Waals surface area contributed by atoms with Gasteiger partial charge in [0.2, 0.25) is 0 Å². The van der Waals surface area contributed by atoms with Crippen molar-refractivity contribution in [3.8, 4) is 11.5 Å². The number of aromatic nitrogens is 1. The van der Waals surface area contributed by atoms with Gasteiger partial charge in [0.15, 0.2) is 6.17 Å². The number of methoxy groups -OCH3 is 1. The van der Waals surface area contributed by atoms with Gasteiger partial charge in [0.1, 0.15) is 42.5 Å². The second-order valence-corrected chi connectivity index (χ2v) is 7.80. The van der Waals surface area contributed by atoms with Crippen LogP contribution in [0.5, 0.6) is 11.5 Å². The fraction of sp³-hybridized carbons (Fsp3) is 0.478. The van der Waals surface area contributed by atoms with Gasteiger partial charge in [-0.1, -0.05) is 6.07 Å². The molecule has 5 unspecified atom stereocenters. The molecule has 9 nitrogen and oxygen atoms in total. The molecule has 2 aromatic rings. The Morgan fingerprint density at radius 3 is 2.50 bits per heavy atom. The Kier molecular flexibility index (Phi) is 8.93. The third kappa shape index (κ3) is 6.95. The molecular formula is C23H25F4NO8. The second-order valence-electron chi connectivity index (χ2n) is 7.80. The largest absolute Gasteiger partial charge is 0.573 e. The van der Waals surface area contributed by atoms with Crippen LogP contribution < -0.4 is 9.47 Å². The molecule has 2 N–H and O–H groups in total. The third-order valence-electron chi connectivity index (χ3n) is 5.33. The fourth-order valence-corrected chi connectivity index (χ4v) is 3.62. The molecule has 2 heterocycles. The van der Waals surface area contributed by atoms with Crippen LogP contribution in [0.1, 0.15) is 29.8 Å². The minimum atomic E-state index is -4.97. The highest BCUT2D eigenvalue weighted by Crippen LogP contribution is 2.37. The Balaban J connectivity index is 1.89. The number of hydrogen-bond donors (Lipinski definition) is 2. The molecule has 0 spiro atoms. The third-order valence-corrected chi connectivity index (χ3v) is 5.33. The smallest absolute Gasteiger partial charge is 0.495 e. The Labute approximate surface area is 203 Å². The first kappa shape index (κ1) is 27.4. The number of carbonyl (C=O) groups is 1. The number of aliphatic hydroxyl groups excluding tert-OH is 2. The summed E-state index contributed by atoms with van der Waals surface area (Å²) in [4.78, 5) is 15.6. The van der Waals surface area contributed by atoms with Crippen LogP contribution in [-0.4, -0.2) is 72.5 Å². The van der Waals surface area contributed by atoms with Crippen LogP contribution in [-0.2, 0) is 20.6 Å². The molecule has 36 heavy (non-hydrogen) atoms. The molecule has 0 radical (unpaired) electrons. The zero-order valence-corrected chi connectivity index (χ0v) is 19.3. The van der Waals surface area contributed by atoms with Crippen LogP contribution in [0.25, 0.3) is 0 Å². The summed E-state index contributed by atoms with van der Waals surface area (Å²) in [7, 11) is 1.44. The highest BCUT2D eigenvalue weighted by Gasteiger charge is 2.46. The molecule has 1 aromatic carbocycles. The van der Waals surface area contributed by atoms with E-state index in [1.807, 2.05) is 0 Å². The van der Waals surface area contributed by atoms with Crippen LogP contribution in [0.3, 0.4) is 0 Å². The van der Waals surface area contributed by atoms with E-state index in [2.05, 4.69) is 14.5 Å². The van der Waals surface area contributed by atoms with Crippen LogP contribution in [0.2, 0.25) is 0 Å². The van der Waals surface area contributed by atoms with Crippen molar-refractivity contribution in [2.24, 2.45) is 0 Å². The molecule has 5 atom stereocenters. The van der Waals surface area contributed by atoms with Gasteiger partial charge in [0.05, 0.1) is 19.9 Å². The van der Waals surface area contributed by atoms with Crippen LogP contribution in [0.15, 0.2) is 36.5 Å². The van der Waals surface area contributed by atoms with Gasteiger partial charge in [-0.05, 0) is 36.8 Å². The van der Waals surface area contributed by atoms with Gasteiger partial charge < -0.3 is 33.9 Å². The lowest BCUT2D eigenvalue weighted by molar-refractivity contribution is -0.274. The Morgan fingerprint density at radius 1 is 1.14 bits per heavy atom. The highest BCUT2D eigenvalue weighted by molar-refractivity contribution is 5.59. The molecule has 1 saturated heterocycles. The molecule has 3 rings (SSSR count). The van der Waals surface area contributed by atoms with Gasteiger partial charge in [-0.25, -0.2) is 9.18 Å². The highest BCUT2D eigenvalue weighted by atomic mass is 19.4. The molecule has 13 heteroatoms. The molecule has 1 aliphatic rings. The average Bonchev–Trinajstić information content (AvgIpc) is 2.83. The van der Waals surface area contributed by atoms with Crippen molar-refractivity contribution < 1.29 is 56.3 Å². The lowest BCUT2D eigenvalue weighted by atomic mass is 9.90. The Morgan fingerprint density at radius 2 is 1.89 bits per heavy atom. The number of rotatable bonds is 8. The molecular weight excluding hydrogens is 494 g/mol. The van der Waals surface area contributed by atoms with Gasteiger partial charge in [0.25, 0.3) is 0 Å². The van der Waals surface area contributed by atoms with E-state index in [-0.39, 0.29) is 24.2 Å². The summed E-state index contributed by atoms with van der Waals surface area (Å²) in [5, 5.41) is 20.7. The summed E-state index contributed by atoms with van der Waals surface area (Å²) in [6.45, 7) is 0.932. The SMILES string of the molecule is CCOC(=O)OCC1OC(c2ccc(OC(F)(F)F)c(Cc3ccc(OC)cn3)c2)C(O)C(O)C1F. The van der Waals surface area contributed by atoms with Crippen molar-refractivity contribution >= 4 is 6.16 Å². The van der Waals surface area contributed by atoms with Gasteiger partial charge >= 0.3 is 12.5 Å². The number of alkyl halides is 4. The maximum Gasteiger partial charge on any atom is 0.573 e. The van der Waals surface area contributed by atoms with Crippen molar-refractivity contribution in [3.05, 3.63) is 53.3 Å². The molecule has 0 saturated carbocycles. The van der Waals surface area contributed by atoms with Crippen molar-refractivity contribution in [1.82, 2.24) is 4.98 Å². The fourth-order valence-electron chi connectivity index (χ4n) is 3.62. The summed E-state index contributed by atoms with van der Waals surface area (Å²) >= 11 is 0. The van der Waals surface area contributed by atoms with E-state index >= 15 is 0 Å². The van der Waals surface area contributed by atoms with Gasteiger partial charge in [-0.3, -0.25) is 4.98 Å². The number of carbonyl (C=O) groups excluding carboxylic acids is 1. The van der Waals surface area contributed by atoms with Crippen LogP contribution in [0.4, 0.5) is 22.4 Å². The number of nitrogens with zero attached hydrogens (tertiary/aromatic N) is 1. The first-order valence-electron chi connectivity index (χ1n) is 10.8. The normalized spacial score (nSPS) is 24.2. The molecule has 1 aromatic heterocycles. The van der Waals surface area contributed by atoms with E-state index in [0.717, 1.165) is 6.07 Å². The van der Waals surface area contributed by atoms with E-state index in [1.54, 1.807) is 12.1 Å². The number of ether oxygens (including phenoxy) is 5. The van der Waals surface area contributed by atoms with E-state index in [4.69, 9.17) is 14.2 Å². The molecule has 198 valence electrons. The summed E-state index contributed by atoms with van der Waals surface area (Å²) in [5.41, 5.74) is 0.553. The summed E-state index contributed by atoms with van der Waals surface area (Å²) in [6, 6.07) is 6.62. The molecule has 0 amide bonds. The average molecular weight is 519 g/mol. The van der Waals surface area contributed by atoms with E-state index in [0.29, 0.717) is 11.4 Å². The summed E-state index contributed by atoms with van der Waals surface area (Å²) in [6.07, 6.45) is -13.4. The Hall–Kier alpha value is -3.16. The topological polar surface area (TPSA) is 117 Å². The number of hydrogen-bond acceptors (Lipinski definition) is 9. The molecule has 0 bridgehead atoms. The molecule has 0 aliphatic carbocycles. The first-order chi connectivity index (χ1) is 17.0. The maximum absolute atomic E-state index is 14.6. The van der Waals surface area contributed by atoms with Crippen molar-refractivity contribution in [2.45, 2.75) is 50.3 Å². The molecule has 1 aliphatic heterocycles. The lowest BCUT2D eigenvalue weighted by Crippen LogP contribution is -2.53. The van der Waals surface area contributed by atoms with Crippen molar-refractivity contribution in [3.63, 3.8) is 0 Å². The second kappa shape index (κ2) is 11.7. The zero-order valence-electron chi connectivity index (χ0n) is 19.3. The number of halogens is 4. The van der Waals surface area contributed by atoms with Crippen LogP contribution in [0, 0.1) is 0 Å². The van der Waals surface area contributed by atoms with Crippen molar-refractivity contribution in [2.75, 3.05) is 20.3 Å². The van der Waals surface area contributed by atoms with E-state index in [1.165, 1.54) is 32.4 Å². The predicted octanol–water partition coefficient (Wildman–Crippen LogP) is 3.25. The van der Waals surface area contributed by atoms with Crippen molar-refractivity contribution in [1.29, 1.82) is 0 Å². The minimum Gasteiger partial charge on any atom is -0.495 e.